The smallest absolute Gasteiger partial charge is 0.405 e. The summed E-state index contributed by atoms with van der Waals surface area (Å²) in [6.07, 6.45) is 2.33. The molecule has 2 bridgehead atoms. The Morgan fingerprint density at radius 2 is 1.79 bits per heavy atom. The Kier molecular flexibility index (Phi) is 5.78. The van der Waals surface area contributed by atoms with Crippen molar-refractivity contribution in [1.82, 2.24) is 0 Å². The van der Waals surface area contributed by atoms with Gasteiger partial charge in [0.1, 0.15) is 6.61 Å². The number of fused-ring (bicyclic) bond motifs is 2. The van der Waals surface area contributed by atoms with Crippen LogP contribution in [0.5, 0.6) is 0 Å². The molecule has 1 heterocycles. The van der Waals surface area contributed by atoms with Crippen LogP contribution in [0.25, 0.3) is 0 Å². The SMILES string of the molecule is CCC1(COC(=O)C2C3C=CC(C3)C2C(=O)OC(C)C(F)(F)S(=O)(=O)O)COC1. The summed E-state index contributed by atoms with van der Waals surface area (Å²) in [4.78, 5) is 25.3. The van der Waals surface area contributed by atoms with Crippen LogP contribution in [0.4, 0.5) is 8.78 Å². The van der Waals surface area contributed by atoms with Gasteiger partial charge < -0.3 is 14.2 Å². The van der Waals surface area contributed by atoms with Crippen LogP contribution in [0.3, 0.4) is 0 Å². The lowest BCUT2D eigenvalue weighted by molar-refractivity contribution is -0.181. The van der Waals surface area contributed by atoms with E-state index in [1.54, 1.807) is 12.2 Å². The molecule has 3 aliphatic rings. The monoisotopic (exact) mass is 438 g/mol. The fraction of sp³-hybridized carbons (Fsp3) is 0.778. The molecule has 1 saturated heterocycles. The van der Waals surface area contributed by atoms with Crippen molar-refractivity contribution in [3.63, 3.8) is 0 Å². The van der Waals surface area contributed by atoms with Crippen molar-refractivity contribution >= 4 is 22.1 Å². The van der Waals surface area contributed by atoms with Gasteiger partial charge in [-0.05, 0) is 31.6 Å². The van der Waals surface area contributed by atoms with Crippen molar-refractivity contribution < 1.29 is 45.6 Å². The summed E-state index contributed by atoms with van der Waals surface area (Å²) in [7, 11) is -5.76. The summed E-state index contributed by atoms with van der Waals surface area (Å²) in [5.74, 6) is -4.33. The van der Waals surface area contributed by atoms with E-state index >= 15 is 0 Å². The van der Waals surface area contributed by atoms with Gasteiger partial charge in [-0.1, -0.05) is 19.1 Å². The highest BCUT2D eigenvalue weighted by Crippen LogP contribution is 2.49. The third-order valence-corrected chi connectivity index (χ3v) is 7.22. The van der Waals surface area contributed by atoms with Gasteiger partial charge in [0.2, 0.25) is 0 Å². The molecule has 0 spiro atoms. The molecular weight excluding hydrogens is 414 g/mol. The summed E-state index contributed by atoms with van der Waals surface area (Å²) >= 11 is 0. The van der Waals surface area contributed by atoms with Crippen molar-refractivity contribution in [2.45, 2.75) is 38.0 Å². The number of allylic oxidation sites excluding steroid dienone is 2. The number of alkyl halides is 2. The second-order valence-electron chi connectivity index (χ2n) is 8.07. The molecule has 1 N–H and O–H groups in total. The standard InChI is InChI=1S/C18H24F2O8S/c1-3-17(7-26-8-17)9-27-15(21)13-11-4-5-12(6-11)14(13)16(22)28-10(2)18(19,20)29(23,24)25/h4-5,10-14H,3,6-9H2,1-2H3,(H,23,24,25). The van der Waals surface area contributed by atoms with Crippen molar-refractivity contribution in [3.8, 4) is 0 Å². The molecule has 8 nitrogen and oxygen atoms in total. The maximum absolute atomic E-state index is 13.7. The molecule has 1 saturated carbocycles. The van der Waals surface area contributed by atoms with Gasteiger partial charge in [0, 0.05) is 0 Å². The minimum absolute atomic E-state index is 0.138. The van der Waals surface area contributed by atoms with Gasteiger partial charge >= 0.3 is 27.3 Å². The molecule has 0 amide bonds. The first-order chi connectivity index (χ1) is 13.4. The molecule has 11 heteroatoms. The molecular formula is C18H24F2O8S. The van der Waals surface area contributed by atoms with Crippen LogP contribution >= 0.6 is 0 Å². The molecule has 29 heavy (non-hydrogen) atoms. The van der Waals surface area contributed by atoms with Gasteiger partial charge in [-0.2, -0.15) is 17.2 Å². The Balaban J connectivity index is 1.69. The second-order valence-corrected chi connectivity index (χ2v) is 9.56. The highest BCUT2D eigenvalue weighted by Gasteiger charge is 2.56. The third kappa shape index (κ3) is 3.91. The van der Waals surface area contributed by atoms with Crippen LogP contribution in [-0.4, -0.2) is 56.1 Å². The van der Waals surface area contributed by atoms with Crippen LogP contribution in [0, 0.1) is 29.1 Å². The molecule has 3 rings (SSSR count). The van der Waals surface area contributed by atoms with E-state index in [2.05, 4.69) is 4.74 Å². The lowest BCUT2D eigenvalue weighted by Crippen LogP contribution is -2.47. The number of hydrogen-bond acceptors (Lipinski definition) is 7. The predicted octanol–water partition coefficient (Wildman–Crippen LogP) is 1.81. The number of rotatable bonds is 8. The molecule has 1 aliphatic heterocycles. The van der Waals surface area contributed by atoms with Gasteiger partial charge in [0.25, 0.3) is 0 Å². The van der Waals surface area contributed by atoms with E-state index in [1.165, 1.54) is 0 Å². The molecule has 5 unspecified atom stereocenters. The predicted molar refractivity (Wildman–Crippen MR) is 94.3 cm³/mol. The second kappa shape index (κ2) is 7.59. The lowest BCUT2D eigenvalue weighted by atomic mass is 9.82. The number of carbonyl (C=O) groups excluding carboxylic acids is 2. The quantitative estimate of drug-likeness (QED) is 0.347. The molecule has 2 fully saturated rings. The van der Waals surface area contributed by atoms with E-state index in [1.807, 2.05) is 6.92 Å². The largest absolute Gasteiger partial charge is 0.465 e. The summed E-state index contributed by atoms with van der Waals surface area (Å²) < 4.78 is 73.1. The fourth-order valence-electron chi connectivity index (χ4n) is 4.10. The minimum Gasteiger partial charge on any atom is -0.465 e. The minimum atomic E-state index is -5.76. The van der Waals surface area contributed by atoms with E-state index in [0.717, 1.165) is 6.42 Å². The fourth-order valence-corrected chi connectivity index (χ4v) is 4.56. The molecule has 0 aromatic heterocycles. The maximum Gasteiger partial charge on any atom is 0.405 e. The first-order valence-corrected chi connectivity index (χ1v) is 10.8. The van der Waals surface area contributed by atoms with Crippen LogP contribution in [0.15, 0.2) is 12.2 Å². The molecule has 5 atom stereocenters. The Morgan fingerprint density at radius 3 is 2.24 bits per heavy atom. The van der Waals surface area contributed by atoms with Crippen molar-refractivity contribution in [2.75, 3.05) is 19.8 Å². The van der Waals surface area contributed by atoms with Crippen LogP contribution < -0.4 is 0 Å². The zero-order chi connectivity index (χ0) is 21.6. The summed E-state index contributed by atoms with van der Waals surface area (Å²) in [6, 6.07) is 0. The van der Waals surface area contributed by atoms with Gasteiger partial charge in [0.05, 0.1) is 30.5 Å². The normalized spacial score (nSPS) is 31.2. The Bertz CT molecular complexity index is 799. The van der Waals surface area contributed by atoms with Crippen LogP contribution in [0.2, 0.25) is 0 Å². The number of hydrogen-bond donors (Lipinski definition) is 1. The highest BCUT2D eigenvalue weighted by molar-refractivity contribution is 7.86. The van der Waals surface area contributed by atoms with Gasteiger partial charge in [-0.3, -0.25) is 14.1 Å². The number of halogens is 2. The van der Waals surface area contributed by atoms with Crippen LogP contribution in [0.1, 0.15) is 26.7 Å². The van der Waals surface area contributed by atoms with E-state index < -0.39 is 45.3 Å². The average Bonchev–Trinajstić information content (AvgIpc) is 3.21. The van der Waals surface area contributed by atoms with Gasteiger partial charge in [-0.15, -0.1) is 0 Å². The maximum atomic E-state index is 13.7. The van der Waals surface area contributed by atoms with Crippen molar-refractivity contribution in [2.24, 2.45) is 29.1 Å². The van der Waals surface area contributed by atoms with E-state index in [-0.39, 0.29) is 23.9 Å². The van der Waals surface area contributed by atoms with Gasteiger partial charge in [-0.25, -0.2) is 0 Å². The molecule has 164 valence electrons. The molecule has 2 aliphatic carbocycles. The highest BCUT2D eigenvalue weighted by atomic mass is 32.2. The number of ether oxygens (including phenoxy) is 3. The lowest BCUT2D eigenvalue weighted by Gasteiger charge is -2.40. The number of carbonyl (C=O) groups is 2. The summed E-state index contributed by atoms with van der Waals surface area (Å²) in [5, 5.41) is -4.66. The van der Waals surface area contributed by atoms with Crippen molar-refractivity contribution in [1.29, 1.82) is 0 Å². The Labute approximate surface area is 167 Å². The zero-order valence-corrected chi connectivity index (χ0v) is 16.9. The summed E-state index contributed by atoms with van der Waals surface area (Å²) in [6.45, 7) is 3.71. The van der Waals surface area contributed by atoms with Crippen molar-refractivity contribution in [3.05, 3.63) is 12.2 Å². The first-order valence-electron chi connectivity index (χ1n) is 9.40. The van der Waals surface area contributed by atoms with E-state index in [0.29, 0.717) is 26.6 Å². The first kappa shape index (κ1) is 22.1. The Morgan fingerprint density at radius 1 is 1.24 bits per heavy atom. The molecule has 0 radical (unpaired) electrons. The molecule has 0 aromatic carbocycles. The third-order valence-electron chi connectivity index (χ3n) is 6.20. The molecule has 0 aromatic rings. The summed E-state index contributed by atoms with van der Waals surface area (Å²) in [5.41, 5.74) is -0.245. The van der Waals surface area contributed by atoms with Crippen LogP contribution in [-0.2, 0) is 33.9 Å². The van der Waals surface area contributed by atoms with Gasteiger partial charge in [0.15, 0.2) is 6.10 Å². The average molecular weight is 438 g/mol. The number of esters is 2. The van der Waals surface area contributed by atoms with E-state index in [4.69, 9.17) is 14.0 Å². The van der Waals surface area contributed by atoms with E-state index in [9.17, 15) is 26.8 Å². The zero-order valence-electron chi connectivity index (χ0n) is 16.0. The Hall–Kier alpha value is -1.59. The topological polar surface area (TPSA) is 116 Å².